The van der Waals surface area contributed by atoms with Gasteiger partial charge in [0.05, 0.1) is 47.6 Å². The normalized spacial score (nSPS) is 49.6. The molecule has 14 nitrogen and oxygen atoms in total. The Morgan fingerprint density at radius 1 is 0.863 bits per heavy atom. The van der Waals surface area contributed by atoms with Crippen molar-refractivity contribution in [3.05, 3.63) is 0 Å². The van der Waals surface area contributed by atoms with Gasteiger partial charge in [-0.3, -0.25) is 9.59 Å². The Morgan fingerprint density at radius 2 is 1.47 bits per heavy atom. The third-order valence-corrected chi connectivity index (χ3v) is 12.0. The Kier molecular flexibility index (Phi) is 15.1. The van der Waals surface area contributed by atoms with Crippen LogP contribution in [0.1, 0.15) is 94.9 Å². The predicted molar refractivity (Wildman–Crippen MR) is 186 cm³/mol. The van der Waals surface area contributed by atoms with Gasteiger partial charge in [-0.25, -0.2) is 0 Å². The van der Waals surface area contributed by atoms with Crippen molar-refractivity contribution in [2.45, 2.75) is 179 Å². The molecule has 18 atom stereocenters. The van der Waals surface area contributed by atoms with Crippen molar-refractivity contribution in [2.75, 3.05) is 21.3 Å². The van der Waals surface area contributed by atoms with E-state index in [2.05, 4.69) is 5.32 Å². The molecule has 0 radical (unpaired) electrons. The molecule has 0 amide bonds. The number of rotatable bonds is 8. The maximum Gasteiger partial charge on any atom is 0.311 e. The largest absolute Gasteiger partial charge is 0.459 e. The number of aliphatic hydroxyl groups excluding tert-OH is 3. The lowest BCUT2D eigenvalue weighted by molar-refractivity contribution is -0.317. The highest BCUT2D eigenvalue weighted by Crippen LogP contribution is 2.41. The van der Waals surface area contributed by atoms with Gasteiger partial charge in [0.25, 0.3) is 0 Å². The van der Waals surface area contributed by atoms with Crippen LogP contribution < -0.4 is 5.32 Å². The molecule has 3 aliphatic heterocycles. The number of cyclic esters (lactones) is 1. The Bertz CT molecular complexity index is 1160. The standard InChI is InChI=1S/C37H67NO13/c1-14-25-37(10,44)30(41)20(4)27(39)18(2)16-36(9,46-13)32(51-34-28(40)24(38-11)15-19(3)47-34)21(5)29(22(6)33(43)49-25)50-26-17-35(8,45-12)31(42)23(7)48-26/h18-26,28-32,34,38,40-42,44H,14-17H2,1-13H3/t18-,19+,20+,21-,22+,23-,24?,25+,26+,28-,29-,30-,31+,32-,34-,35+,36+,37+/m0/s1. The molecule has 0 aromatic rings. The van der Waals surface area contributed by atoms with Crippen LogP contribution in [0.2, 0.25) is 0 Å². The molecule has 0 aliphatic carbocycles. The van der Waals surface area contributed by atoms with Gasteiger partial charge >= 0.3 is 5.97 Å². The van der Waals surface area contributed by atoms with E-state index in [4.69, 9.17) is 33.2 Å². The molecule has 3 fully saturated rings. The molecule has 51 heavy (non-hydrogen) atoms. The Balaban J connectivity index is 2.21. The highest BCUT2D eigenvalue weighted by atomic mass is 16.7. The van der Waals surface area contributed by atoms with E-state index in [1.165, 1.54) is 21.1 Å². The Labute approximate surface area is 304 Å². The molecule has 3 aliphatic rings. The van der Waals surface area contributed by atoms with E-state index in [0.717, 1.165) is 0 Å². The lowest BCUT2D eigenvalue weighted by Gasteiger charge is -2.49. The number of carbonyl (C=O) groups excluding carboxylic acids is 2. The topological polar surface area (TPSA) is 192 Å². The zero-order valence-corrected chi connectivity index (χ0v) is 33.0. The molecule has 0 saturated carbocycles. The van der Waals surface area contributed by atoms with Gasteiger partial charge in [0.1, 0.15) is 29.7 Å². The number of esters is 1. The van der Waals surface area contributed by atoms with E-state index in [0.29, 0.717) is 6.42 Å². The highest BCUT2D eigenvalue weighted by Gasteiger charge is 2.54. The fourth-order valence-electron chi connectivity index (χ4n) is 8.38. The fourth-order valence-corrected chi connectivity index (χ4v) is 8.38. The number of ether oxygens (including phenoxy) is 7. The van der Waals surface area contributed by atoms with Crippen LogP contribution in [-0.2, 0) is 42.7 Å². The SMILES string of the molecule is CC[C@H]1OC(=O)[C@H](C)[C@@H](O[C@@H]2C[C@@](C)(OC)[C@H](O)[C@H](C)O2)[C@H](C)[C@H](O[C@@H]2O[C@H](C)CC(NC)[C@@H]2O)[C@](C)(OC)C[C@H](C)C(=O)[C@@H](C)[C@H](O)[C@]1(C)O. The molecule has 0 aromatic heterocycles. The second-order valence-electron chi connectivity index (χ2n) is 16.0. The van der Waals surface area contributed by atoms with E-state index in [9.17, 15) is 30.0 Å². The van der Waals surface area contributed by atoms with Crippen LogP contribution in [0, 0.1) is 23.7 Å². The summed E-state index contributed by atoms with van der Waals surface area (Å²) in [6, 6.07) is -0.334. The minimum absolute atomic E-state index is 0.109. The van der Waals surface area contributed by atoms with Gasteiger partial charge in [0, 0.05) is 44.4 Å². The van der Waals surface area contributed by atoms with Crippen molar-refractivity contribution in [3.8, 4) is 0 Å². The molecular weight excluding hydrogens is 666 g/mol. The molecule has 5 N–H and O–H groups in total. The van der Waals surface area contributed by atoms with Crippen molar-refractivity contribution in [1.29, 1.82) is 0 Å². The number of likely N-dealkylation sites (N-methyl/N-ethyl adjacent to an activating group) is 1. The average Bonchev–Trinajstić information content (AvgIpc) is 3.09. The summed E-state index contributed by atoms with van der Waals surface area (Å²) in [6.45, 7) is 17.0. The number of Topliss-reactive ketones (excluding diaryl/α,β-unsaturated/α-hetero) is 1. The molecule has 3 saturated heterocycles. The van der Waals surface area contributed by atoms with Crippen molar-refractivity contribution in [3.63, 3.8) is 0 Å². The van der Waals surface area contributed by atoms with Gasteiger partial charge in [0.15, 0.2) is 12.6 Å². The van der Waals surface area contributed by atoms with E-state index >= 15 is 0 Å². The molecule has 1 unspecified atom stereocenters. The van der Waals surface area contributed by atoms with Crippen LogP contribution in [0.15, 0.2) is 0 Å². The zero-order chi connectivity index (χ0) is 38.8. The minimum Gasteiger partial charge on any atom is -0.459 e. The third kappa shape index (κ3) is 9.33. The summed E-state index contributed by atoms with van der Waals surface area (Å²) in [7, 11) is 4.75. The number of methoxy groups -OCH3 is 2. The quantitative estimate of drug-likeness (QED) is 0.228. The molecule has 0 aromatic carbocycles. The molecule has 3 rings (SSSR count). The van der Waals surface area contributed by atoms with E-state index < -0.39 is 102 Å². The number of aliphatic hydroxyl groups is 4. The van der Waals surface area contributed by atoms with Crippen LogP contribution in [0.4, 0.5) is 0 Å². The molecule has 14 heteroatoms. The summed E-state index contributed by atoms with van der Waals surface area (Å²) in [5, 5.41) is 48.4. The summed E-state index contributed by atoms with van der Waals surface area (Å²) in [6.07, 6.45) is -8.78. The molecule has 0 bridgehead atoms. The van der Waals surface area contributed by atoms with Gasteiger partial charge in [-0.1, -0.05) is 27.7 Å². The van der Waals surface area contributed by atoms with Crippen molar-refractivity contribution in [2.24, 2.45) is 23.7 Å². The van der Waals surface area contributed by atoms with E-state index in [-0.39, 0.29) is 37.2 Å². The van der Waals surface area contributed by atoms with Crippen LogP contribution >= 0.6 is 0 Å². The smallest absolute Gasteiger partial charge is 0.311 e. The van der Waals surface area contributed by atoms with Crippen molar-refractivity contribution >= 4 is 11.8 Å². The van der Waals surface area contributed by atoms with Gasteiger partial charge in [-0.05, 0) is 67.9 Å². The number of ketones is 1. The summed E-state index contributed by atoms with van der Waals surface area (Å²) >= 11 is 0. The first-order valence-corrected chi connectivity index (χ1v) is 18.5. The summed E-state index contributed by atoms with van der Waals surface area (Å²) in [5.41, 5.74) is -4.24. The fraction of sp³-hybridized carbons (Fsp3) is 0.946. The van der Waals surface area contributed by atoms with Crippen LogP contribution in [0.3, 0.4) is 0 Å². The summed E-state index contributed by atoms with van der Waals surface area (Å²) < 4.78 is 43.7. The molecule has 298 valence electrons. The number of hydrogen-bond acceptors (Lipinski definition) is 14. The third-order valence-electron chi connectivity index (χ3n) is 12.0. The maximum atomic E-state index is 14.1. The maximum absolute atomic E-state index is 14.1. The second kappa shape index (κ2) is 17.4. The van der Waals surface area contributed by atoms with Crippen LogP contribution in [-0.4, -0.2) is 138 Å². The first-order valence-electron chi connectivity index (χ1n) is 18.5. The lowest BCUT2D eigenvalue weighted by atomic mass is 9.74. The van der Waals surface area contributed by atoms with E-state index in [1.54, 1.807) is 55.5 Å². The molecular formula is C37H67NO13. The first-order chi connectivity index (χ1) is 23.6. The number of hydrogen-bond donors (Lipinski definition) is 5. The minimum atomic E-state index is -1.96. The van der Waals surface area contributed by atoms with E-state index in [1.807, 2.05) is 13.8 Å². The van der Waals surface area contributed by atoms with Crippen molar-refractivity contribution in [1.82, 2.24) is 5.32 Å². The predicted octanol–water partition coefficient (Wildman–Crippen LogP) is 2.10. The van der Waals surface area contributed by atoms with Crippen LogP contribution in [0.25, 0.3) is 0 Å². The Morgan fingerprint density at radius 3 is 2.02 bits per heavy atom. The first kappa shape index (κ1) is 44.1. The Hall–Kier alpha value is -1.30. The van der Waals surface area contributed by atoms with Gasteiger partial charge < -0.3 is 58.9 Å². The highest BCUT2D eigenvalue weighted by molar-refractivity contribution is 5.83. The summed E-state index contributed by atoms with van der Waals surface area (Å²) in [4.78, 5) is 28.1. The molecule has 0 spiro atoms. The molecule has 3 heterocycles. The lowest BCUT2D eigenvalue weighted by Crippen LogP contribution is -2.61. The van der Waals surface area contributed by atoms with Gasteiger partial charge in [-0.15, -0.1) is 0 Å². The second-order valence-corrected chi connectivity index (χ2v) is 16.0. The number of nitrogens with one attached hydrogen (secondary N) is 1. The zero-order valence-electron chi connectivity index (χ0n) is 33.0. The number of carbonyl (C=O) groups is 2. The summed E-state index contributed by atoms with van der Waals surface area (Å²) in [5.74, 6) is -4.47. The van der Waals surface area contributed by atoms with Gasteiger partial charge in [0.2, 0.25) is 0 Å². The average molecular weight is 734 g/mol. The van der Waals surface area contributed by atoms with Crippen LogP contribution in [0.5, 0.6) is 0 Å². The van der Waals surface area contributed by atoms with Gasteiger partial charge in [-0.2, -0.15) is 0 Å². The van der Waals surface area contributed by atoms with Crippen molar-refractivity contribution < 1.29 is 63.2 Å². The monoisotopic (exact) mass is 733 g/mol.